The van der Waals surface area contributed by atoms with Crippen molar-refractivity contribution in [3.8, 4) is 27.9 Å². The largest absolute Gasteiger partial charge is 0.310 e. The Morgan fingerprint density at radius 1 is 0.344 bits per heavy atom. The number of para-hydroxylation sites is 1. The van der Waals surface area contributed by atoms with E-state index in [1.807, 2.05) is 0 Å². The first-order chi connectivity index (χ1) is 30.3. The lowest BCUT2D eigenvalue weighted by atomic mass is 9.67. The molecule has 286 valence electrons. The molecule has 0 radical (unpaired) electrons. The van der Waals surface area contributed by atoms with Gasteiger partial charge < -0.3 is 9.47 Å². The average molecular weight is 777 g/mol. The van der Waals surface area contributed by atoms with E-state index in [9.17, 15) is 0 Å². The number of benzene rings is 10. The van der Waals surface area contributed by atoms with E-state index in [2.05, 4.69) is 252 Å². The SMILES string of the molecule is c1ccc(-c2cccc(-n3c4ccccc4c4ccc(N(c5ccc6c(c5)C(c5ccccc5)(c5ccccc5)c5ccccc5-6)c5cccc6ccccc56)cc43)c2)cc1. The van der Waals surface area contributed by atoms with E-state index < -0.39 is 5.41 Å². The Labute approximate surface area is 355 Å². The van der Waals surface area contributed by atoms with Crippen LogP contribution in [-0.4, -0.2) is 4.57 Å². The van der Waals surface area contributed by atoms with Crippen molar-refractivity contribution in [2.24, 2.45) is 0 Å². The van der Waals surface area contributed by atoms with E-state index in [1.54, 1.807) is 0 Å². The number of anilines is 3. The second-order valence-electron chi connectivity index (χ2n) is 16.1. The van der Waals surface area contributed by atoms with Crippen molar-refractivity contribution in [2.75, 3.05) is 4.90 Å². The van der Waals surface area contributed by atoms with Gasteiger partial charge in [0.15, 0.2) is 0 Å². The first-order valence-electron chi connectivity index (χ1n) is 21.1. The van der Waals surface area contributed by atoms with Crippen molar-refractivity contribution in [1.29, 1.82) is 0 Å². The highest BCUT2D eigenvalue weighted by molar-refractivity contribution is 6.11. The van der Waals surface area contributed by atoms with E-state index >= 15 is 0 Å². The van der Waals surface area contributed by atoms with Gasteiger partial charge in [0, 0.05) is 33.2 Å². The summed E-state index contributed by atoms with van der Waals surface area (Å²) in [6.07, 6.45) is 0. The molecule has 0 aliphatic heterocycles. The highest BCUT2D eigenvalue weighted by Crippen LogP contribution is 2.57. The minimum Gasteiger partial charge on any atom is -0.310 e. The van der Waals surface area contributed by atoms with Crippen molar-refractivity contribution in [3.63, 3.8) is 0 Å². The van der Waals surface area contributed by atoms with E-state index in [0.717, 1.165) is 28.3 Å². The van der Waals surface area contributed by atoms with Gasteiger partial charge in [-0.25, -0.2) is 0 Å². The van der Waals surface area contributed by atoms with Crippen molar-refractivity contribution < 1.29 is 0 Å². The summed E-state index contributed by atoms with van der Waals surface area (Å²) in [5.74, 6) is 0. The Bertz CT molecular complexity index is 3370. The van der Waals surface area contributed by atoms with Crippen LogP contribution in [0.2, 0.25) is 0 Å². The summed E-state index contributed by atoms with van der Waals surface area (Å²) < 4.78 is 2.44. The zero-order chi connectivity index (χ0) is 40.3. The fraction of sp³-hybridized carbons (Fsp3) is 0.0169. The molecule has 1 aromatic heterocycles. The minimum absolute atomic E-state index is 0.519. The molecule has 61 heavy (non-hydrogen) atoms. The van der Waals surface area contributed by atoms with Gasteiger partial charge in [0.2, 0.25) is 0 Å². The molecule has 0 atom stereocenters. The van der Waals surface area contributed by atoms with Crippen LogP contribution in [0.4, 0.5) is 17.1 Å². The third-order valence-electron chi connectivity index (χ3n) is 12.8. The van der Waals surface area contributed by atoms with Gasteiger partial charge in [0.05, 0.1) is 22.1 Å². The van der Waals surface area contributed by atoms with Gasteiger partial charge in [0.25, 0.3) is 0 Å². The molecule has 1 aliphatic carbocycles. The predicted molar refractivity (Wildman–Crippen MR) is 256 cm³/mol. The first kappa shape index (κ1) is 35.0. The quantitative estimate of drug-likeness (QED) is 0.156. The first-order valence-corrected chi connectivity index (χ1v) is 21.1. The van der Waals surface area contributed by atoms with Crippen molar-refractivity contribution >= 4 is 49.6 Å². The van der Waals surface area contributed by atoms with Crippen molar-refractivity contribution in [2.45, 2.75) is 5.41 Å². The smallest absolute Gasteiger partial charge is 0.0714 e. The van der Waals surface area contributed by atoms with E-state index in [0.29, 0.717) is 0 Å². The van der Waals surface area contributed by atoms with Crippen LogP contribution in [0.15, 0.2) is 243 Å². The number of nitrogens with zero attached hydrogens (tertiary/aromatic N) is 2. The predicted octanol–water partition coefficient (Wildman–Crippen LogP) is 15.4. The molecule has 12 rings (SSSR count). The Kier molecular flexibility index (Phi) is 8.11. The van der Waals surface area contributed by atoms with Crippen LogP contribution in [0, 0.1) is 0 Å². The van der Waals surface area contributed by atoms with E-state index in [-0.39, 0.29) is 0 Å². The standard InChI is InChI=1S/C59H40N2/c1-4-18-41(19-5-1)43-22-16-27-46(38-43)61-57-32-15-13-30-52(57)53-37-35-48(40-58(53)61)60(56-33-17-21-42-20-10-11-28-49(42)56)47-34-36-51-50-29-12-14-31-54(50)59(55(51)39-47,44-23-6-2-7-24-44)45-25-8-3-9-26-45/h1-40H. The van der Waals surface area contributed by atoms with Gasteiger partial charge in [-0.1, -0.05) is 194 Å². The maximum atomic E-state index is 2.48. The molecule has 0 unspecified atom stereocenters. The molecule has 11 aromatic rings. The van der Waals surface area contributed by atoms with Gasteiger partial charge in [-0.3, -0.25) is 0 Å². The molecule has 0 bridgehead atoms. The summed E-state index contributed by atoms with van der Waals surface area (Å²) in [5.41, 5.74) is 16.3. The van der Waals surface area contributed by atoms with E-state index in [4.69, 9.17) is 0 Å². The maximum absolute atomic E-state index is 2.48. The number of rotatable bonds is 7. The summed E-state index contributed by atoms with van der Waals surface area (Å²) in [6.45, 7) is 0. The molecule has 0 N–H and O–H groups in total. The molecule has 0 spiro atoms. The lowest BCUT2D eigenvalue weighted by molar-refractivity contribution is 0.768. The molecule has 10 aromatic carbocycles. The third kappa shape index (κ3) is 5.43. The van der Waals surface area contributed by atoms with Crippen LogP contribution < -0.4 is 4.90 Å². The van der Waals surface area contributed by atoms with Crippen LogP contribution >= 0.6 is 0 Å². The second-order valence-corrected chi connectivity index (χ2v) is 16.1. The monoisotopic (exact) mass is 776 g/mol. The molecule has 0 saturated carbocycles. The molecule has 0 fully saturated rings. The lowest BCUT2D eigenvalue weighted by Crippen LogP contribution is -2.28. The van der Waals surface area contributed by atoms with E-state index in [1.165, 1.54) is 71.6 Å². The summed E-state index contributed by atoms with van der Waals surface area (Å²) in [6, 6.07) is 89.2. The molecular formula is C59H40N2. The van der Waals surface area contributed by atoms with Crippen LogP contribution in [0.3, 0.4) is 0 Å². The minimum atomic E-state index is -0.519. The number of fused-ring (bicyclic) bond motifs is 7. The summed E-state index contributed by atoms with van der Waals surface area (Å²) in [4.78, 5) is 2.48. The second kappa shape index (κ2) is 14.1. The van der Waals surface area contributed by atoms with Crippen LogP contribution in [0.5, 0.6) is 0 Å². The molecule has 0 amide bonds. The van der Waals surface area contributed by atoms with Gasteiger partial charge in [0.1, 0.15) is 0 Å². The molecule has 2 heteroatoms. The molecular weight excluding hydrogens is 737 g/mol. The molecule has 1 heterocycles. The maximum Gasteiger partial charge on any atom is 0.0714 e. The highest BCUT2D eigenvalue weighted by Gasteiger charge is 2.46. The number of hydrogen-bond acceptors (Lipinski definition) is 1. The molecule has 2 nitrogen and oxygen atoms in total. The van der Waals surface area contributed by atoms with Crippen molar-refractivity contribution in [1.82, 2.24) is 4.57 Å². The Balaban J connectivity index is 1.14. The topological polar surface area (TPSA) is 8.17 Å². The van der Waals surface area contributed by atoms with Gasteiger partial charge in [-0.05, 0) is 98.4 Å². The van der Waals surface area contributed by atoms with Crippen molar-refractivity contribution in [3.05, 3.63) is 265 Å². The fourth-order valence-electron chi connectivity index (χ4n) is 10.2. The van der Waals surface area contributed by atoms with Gasteiger partial charge in [-0.15, -0.1) is 0 Å². The van der Waals surface area contributed by atoms with Gasteiger partial charge >= 0.3 is 0 Å². The Morgan fingerprint density at radius 3 is 1.72 bits per heavy atom. The van der Waals surface area contributed by atoms with Crippen LogP contribution in [0.25, 0.3) is 60.5 Å². The van der Waals surface area contributed by atoms with Crippen LogP contribution in [-0.2, 0) is 5.41 Å². The average Bonchev–Trinajstić information content (AvgIpc) is 3.83. The number of hydrogen-bond donors (Lipinski definition) is 0. The molecule has 0 saturated heterocycles. The Hall–Kier alpha value is -7.94. The van der Waals surface area contributed by atoms with Gasteiger partial charge in [-0.2, -0.15) is 0 Å². The summed E-state index contributed by atoms with van der Waals surface area (Å²) in [7, 11) is 0. The zero-order valence-corrected chi connectivity index (χ0v) is 33.5. The normalized spacial score (nSPS) is 12.7. The van der Waals surface area contributed by atoms with Crippen LogP contribution in [0.1, 0.15) is 22.3 Å². The number of aromatic nitrogens is 1. The highest BCUT2D eigenvalue weighted by atomic mass is 15.1. The Morgan fingerprint density at radius 2 is 0.918 bits per heavy atom. The summed E-state index contributed by atoms with van der Waals surface area (Å²) in [5, 5.41) is 4.85. The lowest BCUT2D eigenvalue weighted by Gasteiger charge is -2.35. The third-order valence-corrected chi connectivity index (χ3v) is 12.8. The zero-order valence-electron chi connectivity index (χ0n) is 33.5. The fourth-order valence-corrected chi connectivity index (χ4v) is 10.2. The summed E-state index contributed by atoms with van der Waals surface area (Å²) >= 11 is 0. The molecule has 1 aliphatic rings.